The number of alkyl halides is 1. The summed E-state index contributed by atoms with van der Waals surface area (Å²) in [4.78, 5) is 9.37. The lowest BCUT2D eigenvalue weighted by Crippen LogP contribution is -1.94. The summed E-state index contributed by atoms with van der Waals surface area (Å²) in [5, 5.41) is 0.975. The standard InChI is InChI=1S/C12H24BrO3P.C2H6/c1-2-3-4-5-6-8-11-15-17(14)16-12-9-7-10-13;1-2/h5-6,14H,2-4,7-12H2,1H3;1-2H3/b6-5-;. The second-order valence-electron chi connectivity index (χ2n) is 3.70. The molecule has 0 radical (unpaired) electrons. The van der Waals surface area contributed by atoms with Gasteiger partial charge in [0.2, 0.25) is 0 Å². The van der Waals surface area contributed by atoms with Gasteiger partial charge >= 0.3 is 8.60 Å². The van der Waals surface area contributed by atoms with Crippen LogP contribution in [0.2, 0.25) is 0 Å². The van der Waals surface area contributed by atoms with Crippen LogP contribution in [0.1, 0.15) is 59.3 Å². The molecular weight excluding hydrogens is 327 g/mol. The summed E-state index contributed by atoms with van der Waals surface area (Å²) in [6, 6.07) is 0. The monoisotopic (exact) mass is 356 g/mol. The van der Waals surface area contributed by atoms with Crippen molar-refractivity contribution in [3.05, 3.63) is 12.2 Å². The number of allylic oxidation sites excluding steroid dienone is 1. The molecule has 0 bridgehead atoms. The predicted molar refractivity (Wildman–Crippen MR) is 88.7 cm³/mol. The molecule has 0 amide bonds. The molecule has 0 aliphatic heterocycles. The Morgan fingerprint density at radius 2 is 1.63 bits per heavy atom. The third-order valence-electron chi connectivity index (χ3n) is 2.11. The molecule has 0 heterocycles. The first kappa shape index (κ1) is 21.8. The number of hydrogen-bond donors (Lipinski definition) is 1. The fraction of sp³-hybridized carbons (Fsp3) is 0.857. The summed E-state index contributed by atoms with van der Waals surface area (Å²) < 4.78 is 10.3. The smallest absolute Gasteiger partial charge is 0.328 e. The van der Waals surface area contributed by atoms with Gasteiger partial charge in [0, 0.05) is 5.33 Å². The van der Waals surface area contributed by atoms with Gasteiger partial charge < -0.3 is 13.9 Å². The van der Waals surface area contributed by atoms with Crippen molar-refractivity contribution in [2.75, 3.05) is 18.5 Å². The molecule has 0 aliphatic rings. The number of unbranched alkanes of at least 4 members (excludes halogenated alkanes) is 3. The molecule has 0 saturated heterocycles. The van der Waals surface area contributed by atoms with Crippen molar-refractivity contribution in [1.29, 1.82) is 0 Å². The Kier molecular flexibility index (Phi) is 23.9. The zero-order chi connectivity index (χ0) is 14.8. The van der Waals surface area contributed by atoms with Gasteiger partial charge in [0.05, 0.1) is 13.2 Å². The Balaban J connectivity index is 0. The molecule has 5 heteroatoms. The lowest BCUT2D eigenvalue weighted by molar-refractivity contribution is 0.200. The molecule has 0 rings (SSSR count). The van der Waals surface area contributed by atoms with Gasteiger partial charge in [-0.15, -0.1) is 0 Å². The minimum absolute atomic E-state index is 0.531. The van der Waals surface area contributed by atoms with Crippen LogP contribution in [0.3, 0.4) is 0 Å². The molecule has 0 fully saturated rings. The lowest BCUT2D eigenvalue weighted by Gasteiger charge is -2.09. The minimum atomic E-state index is -1.67. The lowest BCUT2D eigenvalue weighted by atomic mass is 10.2. The van der Waals surface area contributed by atoms with Crippen molar-refractivity contribution >= 4 is 24.5 Å². The van der Waals surface area contributed by atoms with Gasteiger partial charge in [-0.2, -0.15) is 0 Å². The molecule has 1 unspecified atom stereocenters. The summed E-state index contributed by atoms with van der Waals surface area (Å²) in [7, 11) is -1.67. The van der Waals surface area contributed by atoms with Crippen molar-refractivity contribution < 1.29 is 13.9 Å². The van der Waals surface area contributed by atoms with E-state index in [1.807, 2.05) is 13.8 Å². The molecule has 0 spiro atoms. The van der Waals surface area contributed by atoms with E-state index in [1.165, 1.54) is 12.8 Å². The fourth-order valence-corrected chi connectivity index (χ4v) is 2.15. The van der Waals surface area contributed by atoms with Crippen LogP contribution in [0, 0.1) is 0 Å². The number of rotatable bonds is 12. The van der Waals surface area contributed by atoms with Crippen LogP contribution >= 0.6 is 24.5 Å². The predicted octanol–water partition coefficient (Wildman–Crippen LogP) is 5.58. The van der Waals surface area contributed by atoms with E-state index in [0.29, 0.717) is 13.2 Å². The van der Waals surface area contributed by atoms with Crippen LogP contribution in [0.15, 0.2) is 12.2 Å². The minimum Gasteiger partial charge on any atom is -0.328 e. The Morgan fingerprint density at radius 1 is 1.00 bits per heavy atom. The van der Waals surface area contributed by atoms with E-state index in [4.69, 9.17) is 9.05 Å². The van der Waals surface area contributed by atoms with Crippen LogP contribution < -0.4 is 0 Å². The quantitative estimate of drug-likeness (QED) is 0.215. The first-order valence-electron chi connectivity index (χ1n) is 7.27. The van der Waals surface area contributed by atoms with Gasteiger partial charge in [-0.25, -0.2) is 0 Å². The summed E-state index contributed by atoms with van der Waals surface area (Å²) in [6.07, 6.45) is 10.7. The average Bonchev–Trinajstić information content (AvgIpc) is 2.45. The summed E-state index contributed by atoms with van der Waals surface area (Å²) in [6.45, 7) is 7.28. The van der Waals surface area contributed by atoms with E-state index in [9.17, 15) is 4.89 Å². The summed E-state index contributed by atoms with van der Waals surface area (Å²) in [5.41, 5.74) is 0. The highest BCUT2D eigenvalue weighted by Crippen LogP contribution is 2.32. The van der Waals surface area contributed by atoms with Crippen LogP contribution in [0.5, 0.6) is 0 Å². The summed E-state index contributed by atoms with van der Waals surface area (Å²) >= 11 is 3.34. The molecule has 19 heavy (non-hydrogen) atoms. The highest BCUT2D eigenvalue weighted by molar-refractivity contribution is 9.09. The van der Waals surface area contributed by atoms with Gasteiger partial charge in [0.25, 0.3) is 0 Å². The highest BCUT2D eigenvalue weighted by Gasteiger charge is 2.04. The van der Waals surface area contributed by atoms with E-state index in [1.54, 1.807) is 0 Å². The Morgan fingerprint density at radius 3 is 2.26 bits per heavy atom. The maximum atomic E-state index is 9.37. The highest BCUT2D eigenvalue weighted by atomic mass is 79.9. The maximum Gasteiger partial charge on any atom is 0.329 e. The van der Waals surface area contributed by atoms with Gasteiger partial charge in [0.15, 0.2) is 0 Å². The van der Waals surface area contributed by atoms with Crippen molar-refractivity contribution in [2.45, 2.75) is 59.3 Å². The van der Waals surface area contributed by atoms with Gasteiger partial charge in [-0.1, -0.05) is 61.7 Å². The molecule has 0 aromatic carbocycles. The molecule has 1 N–H and O–H groups in total. The van der Waals surface area contributed by atoms with E-state index in [0.717, 1.165) is 31.0 Å². The molecule has 3 nitrogen and oxygen atoms in total. The fourth-order valence-electron chi connectivity index (χ4n) is 1.13. The van der Waals surface area contributed by atoms with Crippen molar-refractivity contribution in [3.63, 3.8) is 0 Å². The van der Waals surface area contributed by atoms with Gasteiger partial charge in [0.1, 0.15) is 0 Å². The van der Waals surface area contributed by atoms with E-state index in [-0.39, 0.29) is 0 Å². The normalized spacial score (nSPS) is 12.3. The zero-order valence-corrected chi connectivity index (χ0v) is 15.1. The van der Waals surface area contributed by atoms with E-state index in [2.05, 4.69) is 35.0 Å². The molecule has 0 saturated carbocycles. The number of halogens is 1. The zero-order valence-electron chi connectivity index (χ0n) is 12.6. The van der Waals surface area contributed by atoms with E-state index < -0.39 is 8.60 Å². The van der Waals surface area contributed by atoms with Gasteiger partial charge in [-0.05, 0) is 25.7 Å². The third kappa shape index (κ3) is 21.0. The molecule has 1 atom stereocenters. The van der Waals surface area contributed by atoms with Crippen molar-refractivity contribution in [3.8, 4) is 0 Å². The number of hydrogen-bond acceptors (Lipinski definition) is 3. The Bertz CT molecular complexity index is 180. The van der Waals surface area contributed by atoms with Crippen molar-refractivity contribution in [1.82, 2.24) is 0 Å². The van der Waals surface area contributed by atoms with Crippen molar-refractivity contribution in [2.24, 2.45) is 0 Å². The molecule has 116 valence electrons. The molecule has 0 aliphatic carbocycles. The molecule has 0 aromatic rings. The second kappa shape index (κ2) is 20.8. The van der Waals surface area contributed by atoms with Crippen LogP contribution in [0.25, 0.3) is 0 Å². The molecule has 0 aromatic heterocycles. The first-order valence-corrected chi connectivity index (χ1v) is 9.52. The molecular formula is C14H30BrO3P. The largest absolute Gasteiger partial charge is 0.329 e. The average molecular weight is 357 g/mol. The third-order valence-corrected chi connectivity index (χ3v) is 3.47. The van der Waals surface area contributed by atoms with Crippen LogP contribution in [-0.4, -0.2) is 23.4 Å². The summed E-state index contributed by atoms with van der Waals surface area (Å²) in [5.74, 6) is 0. The topological polar surface area (TPSA) is 38.7 Å². The Labute approximate surface area is 128 Å². The maximum absolute atomic E-state index is 9.37. The van der Waals surface area contributed by atoms with E-state index >= 15 is 0 Å². The Hall–Kier alpha value is 0.530. The van der Waals surface area contributed by atoms with Crippen LogP contribution in [-0.2, 0) is 9.05 Å². The van der Waals surface area contributed by atoms with Crippen LogP contribution in [0.4, 0.5) is 0 Å². The second-order valence-corrected chi connectivity index (χ2v) is 5.49. The SMILES string of the molecule is CC.CCCC/C=C\CCOP(O)OCCCCBr. The van der Waals surface area contributed by atoms with Gasteiger partial charge in [-0.3, -0.25) is 0 Å². The first-order chi connectivity index (χ1) is 9.31.